The van der Waals surface area contributed by atoms with E-state index in [4.69, 9.17) is 18.0 Å². The molecule has 0 radical (unpaired) electrons. The molecule has 0 bridgehead atoms. The van der Waals surface area contributed by atoms with Crippen molar-refractivity contribution in [3.63, 3.8) is 0 Å². The zero-order chi connectivity index (χ0) is 13.8. The van der Waals surface area contributed by atoms with E-state index in [9.17, 15) is 4.79 Å². The molecule has 4 nitrogen and oxygen atoms in total. The summed E-state index contributed by atoms with van der Waals surface area (Å²) in [6.45, 7) is 1.11. The highest BCUT2D eigenvalue weighted by Crippen LogP contribution is 2.18. The number of nitrogens with two attached hydrogens (primary N) is 1. The third-order valence-electron chi connectivity index (χ3n) is 3.02. The van der Waals surface area contributed by atoms with Gasteiger partial charge >= 0.3 is 0 Å². The van der Waals surface area contributed by atoms with E-state index in [1.54, 1.807) is 0 Å². The van der Waals surface area contributed by atoms with Crippen molar-refractivity contribution in [1.29, 1.82) is 0 Å². The lowest BCUT2D eigenvalue weighted by Gasteiger charge is -2.16. The molecule has 3 N–H and O–H groups in total. The van der Waals surface area contributed by atoms with E-state index >= 15 is 0 Å². The average Bonchev–Trinajstić information content (AvgIpc) is 3.12. The van der Waals surface area contributed by atoms with Crippen LogP contribution >= 0.6 is 12.2 Å². The van der Waals surface area contributed by atoms with Gasteiger partial charge in [-0.05, 0) is 31.5 Å². The van der Waals surface area contributed by atoms with Crippen LogP contribution in [-0.4, -0.2) is 35.4 Å². The van der Waals surface area contributed by atoms with Gasteiger partial charge < -0.3 is 11.1 Å². The van der Waals surface area contributed by atoms with Crippen LogP contribution in [0.25, 0.3) is 0 Å². The van der Waals surface area contributed by atoms with Gasteiger partial charge in [-0.1, -0.05) is 30.4 Å². The summed E-state index contributed by atoms with van der Waals surface area (Å²) in [4.78, 5) is 14.1. The number of carbonyl (C=O) groups excluding carboxylic acids is 1. The summed E-state index contributed by atoms with van der Waals surface area (Å²) in [7, 11) is 1.93. The number of nitrogens with zero attached hydrogens (tertiary/aromatic N) is 1. The van der Waals surface area contributed by atoms with Crippen molar-refractivity contribution in [2.45, 2.75) is 25.4 Å². The summed E-state index contributed by atoms with van der Waals surface area (Å²) < 4.78 is 0. The summed E-state index contributed by atoms with van der Waals surface area (Å²) in [5, 5.41) is 2.98. The van der Waals surface area contributed by atoms with Gasteiger partial charge in [-0.25, -0.2) is 0 Å². The van der Waals surface area contributed by atoms with Crippen molar-refractivity contribution < 1.29 is 4.79 Å². The normalized spacial score (nSPS) is 14.4. The highest BCUT2D eigenvalue weighted by atomic mass is 32.1. The van der Waals surface area contributed by atoms with Crippen LogP contribution in [-0.2, 0) is 11.3 Å². The van der Waals surface area contributed by atoms with Gasteiger partial charge in [0.2, 0.25) is 5.91 Å². The van der Waals surface area contributed by atoms with Gasteiger partial charge in [0.05, 0.1) is 6.54 Å². The molecule has 1 aromatic rings. The molecule has 102 valence electrons. The Bertz CT molecular complexity index is 485. The zero-order valence-electron chi connectivity index (χ0n) is 11.1. The van der Waals surface area contributed by atoms with Crippen LogP contribution < -0.4 is 11.1 Å². The number of rotatable bonds is 6. The maximum atomic E-state index is 11.7. The van der Waals surface area contributed by atoms with Gasteiger partial charge in [0.1, 0.15) is 4.99 Å². The Hall–Kier alpha value is -1.46. The standard InChI is InChI=1S/C14H19N3OS/c1-17(9-13(18)16-12-5-6-12)8-10-3-2-4-11(7-10)14(15)19/h2-4,7,12H,5-6,8-9H2,1H3,(H2,15,19)(H,16,18). The summed E-state index contributed by atoms with van der Waals surface area (Å²) in [6, 6.07) is 8.22. The second-order valence-corrected chi connectivity index (χ2v) is 5.52. The molecular formula is C14H19N3OS. The van der Waals surface area contributed by atoms with Crippen molar-refractivity contribution in [2.75, 3.05) is 13.6 Å². The fraction of sp³-hybridized carbons (Fsp3) is 0.429. The van der Waals surface area contributed by atoms with E-state index in [0.717, 1.165) is 24.0 Å². The van der Waals surface area contributed by atoms with Crippen LogP contribution in [0.3, 0.4) is 0 Å². The van der Waals surface area contributed by atoms with E-state index in [0.29, 0.717) is 24.1 Å². The molecule has 0 aliphatic heterocycles. The van der Waals surface area contributed by atoms with E-state index in [-0.39, 0.29) is 5.91 Å². The minimum atomic E-state index is 0.0931. The fourth-order valence-corrected chi connectivity index (χ4v) is 2.06. The molecule has 5 heteroatoms. The predicted octanol–water partition coefficient (Wildman–Crippen LogP) is 1.03. The van der Waals surface area contributed by atoms with E-state index in [1.165, 1.54) is 0 Å². The molecule has 1 saturated carbocycles. The number of carbonyl (C=O) groups is 1. The van der Waals surface area contributed by atoms with Crippen molar-refractivity contribution in [3.05, 3.63) is 35.4 Å². The number of thiocarbonyl (C=S) groups is 1. The SMILES string of the molecule is CN(CC(=O)NC1CC1)Cc1cccc(C(N)=S)c1. The molecule has 19 heavy (non-hydrogen) atoms. The highest BCUT2D eigenvalue weighted by molar-refractivity contribution is 7.80. The first-order valence-corrected chi connectivity index (χ1v) is 6.82. The lowest BCUT2D eigenvalue weighted by molar-refractivity contribution is -0.122. The second-order valence-electron chi connectivity index (χ2n) is 5.08. The van der Waals surface area contributed by atoms with Crippen molar-refractivity contribution in [3.8, 4) is 0 Å². The van der Waals surface area contributed by atoms with E-state index in [2.05, 4.69) is 5.32 Å². The first-order valence-electron chi connectivity index (χ1n) is 6.41. The van der Waals surface area contributed by atoms with Crippen LogP contribution in [0, 0.1) is 0 Å². The molecule has 1 fully saturated rings. The number of likely N-dealkylation sites (N-methyl/N-ethyl adjacent to an activating group) is 1. The van der Waals surface area contributed by atoms with Gasteiger partial charge in [0, 0.05) is 18.2 Å². The average molecular weight is 277 g/mol. The number of hydrogen-bond donors (Lipinski definition) is 2. The maximum absolute atomic E-state index is 11.7. The van der Waals surface area contributed by atoms with Crippen LogP contribution in [0.1, 0.15) is 24.0 Å². The largest absolute Gasteiger partial charge is 0.389 e. The quantitative estimate of drug-likeness (QED) is 0.763. The Morgan fingerprint density at radius 2 is 2.26 bits per heavy atom. The van der Waals surface area contributed by atoms with E-state index < -0.39 is 0 Å². The third-order valence-corrected chi connectivity index (χ3v) is 3.26. The number of nitrogens with one attached hydrogen (secondary N) is 1. The summed E-state index contributed by atoms with van der Waals surface area (Å²) in [6.07, 6.45) is 2.23. The molecule has 1 aromatic carbocycles. The van der Waals surface area contributed by atoms with Gasteiger partial charge in [-0.3, -0.25) is 9.69 Å². The molecule has 2 rings (SSSR count). The van der Waals surface area contributed by atoms with Crippen molar-refractivity contribution in [1.82, 2.24) is 10.2 Å². The molecule has 0 spiro atoms. The Morgan fingerprint density at radius 3 is 2.89 bits per heavy atom. The summed E-state index contributed by atoms with van der Waals surface area (Å²) in [5.41, 5.74) is 7.58. The summed E-state index contributed by atoms with van der Waals surface area (Å²) >= 11 is 4.96. The zero-order valence-corrected chi connectivity index (χ0v) is 11.9. The van der Waals surface area contributed by atoms with Gasteiger partial charge in [-0.2, -0.15) is 0 Å². The van der Waals surface area contributed by atoms with Gasteiger partial charge in [-0.15, -0.1) is 0 Å². The van der Waals surface area contributed by atoms with Gasteiger partial charge in [0.25, 0.3) is 0 Å². The van der Waals surface area contributed by atoms with Crippen molar-refractivity contribution in [2.24, 2.45) is 5.73 Å². The Balaban J connectivity index is 1.86. The first kappa shape index (κ1) is 14.0. The maximum Gasteiger partial charge on any atom is 0.234 e. The van der Waals surface area contributed by atoms with Crippen LogP contribution in [0.15, 0.2) is 24.3 Å². The van der Waals surface area contributed by atoms with Crippen molar-refractivity contribution >= 4 is 23.1 Å². The van der Waals surface area contributed by atoms with Crippen LogP contribution in [0.2, 0.25) is 0 Å². The Labute approximate surface area is 119 Å². The predicted molar refractivity (Wildman–Crippen MR) is 79.8 cm³/mol. The molecule has 0 saturated heterocycles. The molecule has 0 heterocycles. The third kappa shape index (κ3) is 4.61. The minimum Gasteiger partial charge on any atom is -0.389 e. The topological polar surface area (TPSA) is 58.4 Å². The number of amides is 1. The minimum absolute atomic E-state index is 0.0931. The summed E-state index contributed by atoms with van der Waals surface area (Å²) in [5.74, 6) is 0.0931. The molecule has 0 aromatic heterocycles. The lowest BCUT2D eigenvalue weighted by atomic mass is 10.1. The molecule has 0 unspecified atom stereocenters. The fourth-order valence-electron chi connectivity index (χ4n) is 1.94. The molecule has 1 aliphatic carbocycles. The number of hydrogen-bond acceptors (Lipinski definition) is 3. The first-order chi connectivity index (χ1) is 9.04. The second kappa shape index (κ2) is 6.12. The smallest absolute Gasteiger partial charge is 0.234 e. The van der Waals surface area contributed by atoms with Crippen LogP contribution in [0.5, 0.6) is 0 Å². The molecule has 1 aliphatic rings. The lowest BCUT2D eigenvalue weighted by Crippen LogP contribution is -2.35. The molecule has 0 atom stereocenters. The Morgan fingerprint density at radius 1 is 1.53 bits per heavy atom. The molecule has 1 amide bonds. The van der Waals surface area contributed by atoms with E-state index in [1.807, 2.05) is 36.2 Å². The monoisotopic (exact) mass is 277 g/mol. The number of benzene rings is 1. The highest BCUT2D eigenvalue weighted by Gasteiger charge is 2.23. The van der Waals surface area contributed by atoms with Crippen LogP contribution in [0.4, 0.5) is 0 Å². The Kier molecular flexibility index (Phi) is 4.50. The van der Waals surface area contributed by atoms with Gasteiger partial charge in [0.15, 0.2) is 0 Å². The molecular weight excluding hydrogens is 258 g/mol.